The van der Waals surface area contributed by atoms with Gasteiger partial charge in [-0.25, -0.2) is 4.79 Å². The fourth-order valence-corrected chi connectivity index (χ4v) is 1.48. The minimum atomic E-state index is -0.365. The van der Waals surface area contributed by atoms with Crippen LogP contribution in [0.15, 0.2) is 40.6 Å². The second-order valence-electron chi connectivity index (χ2n) is 3.69. The third-order valence-corrected chi connectivity index (χ3v) is 2.67. The van der Waals surface area contributed by atoms with Gasteiger partial charge in [0.2, 0.25) is 0 Å². The molecule has 5 heteroatoms. The summed E-state index contributed by atoms with van der Waals surface area (Å²) in [6.45, 7) is 4.55. The molecule has 0 aromatic heterocycles. The van der Waals surface area contributed by atoms with Crippen molar-refractivity contribution >= 4 is 21.9 Å². The molecule has 0 spiro atoms. The third kappa shape index (κ3) is 6.29. The standard InChI is InChI=1S/C14H17BrO4/c1-3-18-14(16)11(2)10-17-8-9-19-13-6-4-12(15)5-7-13/h4-7,10H,3,8-9H2,1-2H3. The lowest BCUT2D eigenvalue weighted by Gasteiger charge is -2.06. The summed E-state index contributed by atoms with van der Waals surface area (Å²) in [5, 5.41) is 0. The molecule has 0 saturated carbocycles. The van der Waals surface area contributed by atoms with Crippen molar-refractivity contribution in [1.29, 1.82) is 0 Å². The van der Waals surface area contributed by atoms with Gasteiger partial charge in [0.1, 0.15) is 19.0 Å². The average Bonchev–Trinajstić information content (AvgIpc) is 2.40. The van der Waals surface area contributed by atoms with Gasteiger partial charge in [-0.1, -0.05) is 15.9 Å². The molecule has 0 heterocycles. The van der Waals surface area contributed by atoms with Crippen molar-refractivity contribution in [3.63, 3.8) is 0 Å². The predicted molar refractivity (Wildman–Crippen MR) is 76.0 cm³/mol. The highest BCUT2D eigenvalue weighted by molar-refractivity contribution is 9.10. The van der Waals surface area contributed by atoms with Crippen molar-refractivity contribution in [1.82, 2.24) is 0 Å². The molecule has 0 unspecified atom stereocenters. The fraction of sp³-hybridized carbons (Fsp3) is 0.357. The number of rotatable bonds is 7. The summed E-state index contributed by atoms with van der Waals surface area (Å²) in [7, 11) is 0. The van der Waals surface area contributed by atoms with Gasteiger partial charge in [-0.2, -0.15) is 0 Å². The molecule has 4 nitrogen and oxygen atoms in total. The van der Waals surface area contributed by atoms with E-state index in [4.69, 9.17) is 14.2 Å². The van der Waals surface area contributed by atoms with Crippen LogP contribution in [0.5, 0.6) is 5.75 Å². The van der Waals surface area contributed by atoms with Crippen molar-refractivity contribution in [3.8, 4) is 5.75 Å². The van der Waals surface area contributed by atoms with Gasteiger partial charge in [0.15, 0.2) is 0 Å². The Bertz CT molecular complexity index is 426. The summed E-state index contributed by atoms with van der Waals surface area (Å²) >= 11 is 3.35. The normalized spacial score (nSPS) is 11.0. The Kier molecular flexibility index (Phi) is 7.03. The van der Waals surface area contributed by atoms with Crippen molar-refractivity contribution in [2.75, 3.05) is 19.8 Å². The number of carbonyl (C=O) groups excluding carboxylic acids is 1. The molecule has 0 N–H and O–H groups in total. The summed E-state index contributed by atoms with van der Waals surface area (Å²) in [4.78, 5) is 11.3. The largest absolute Gasteiger partial charge is 0.497 e. The molecule has 0 aliphatic carbocycles. The molecule has 0 fully saturated rings. The number of esters is 1. The maximum atomic E-state index is 11.3. The van der Waals surface area contributed by atoms with Crippen LogP contribution in [-0.4, -0.2) is 25.8 Å². The fourth-order valence-electron chi connectivity index (χ4n) is 1.22. The molecule has 0 aliphatic rings. The Balaban J connectivity index is 2.22. The monoisotopic (exact) mass is 328 g/mol. The van der Waals surface area contributed by atoms with Crippen LogP contribution in [0, 0.1) is 0 Å². The SMILES string of the molecule is CCOC(=O)C(C)=COCCOc1ccc(Br)cc1. The molecular formula is C14H17BrO4. The number of halogens is 1. The van der Waals surface area contributed by atoms with E-state index < -0.39 is 0 Å². The van der Waals surface area contributed by atoms with Crippen LogP contribution in [0.2, 0.25) is 0 Å². The van der Waals surface area contributed by atoms with E-state index >= 15 is 0 Å². The minimum absolute atomic E-state index is 0.358. The lowest BCUT2D eigenvalue weighted by atomic mass is 10.3. The Morgan fingerprint density at radius 2 is 1.95 bits per heavy atom. The van der Waals surface area contributed by atoms with E-state index in [2.05, 4.69) is 15.9 Å². The van der Waals surface area contributed by atoms with Gasteiger partial charge in [-0.3, -0.25) is 0 Å². The molecule has 0 saturated heterocycles. The van der Waals surface area contributed by atoms with Crippen LogP contribution >= 0.6 is 15.9 Å². The zero-order valence-electron chi connectivity index (χ0n) is 11.0. The van der Waals surface area contributed by atoms with E-state index in [0.29, 0.717) is 25.4 Å². The van der Waals surface area contributed by atoms with Crippen LogP contribution < -0.4 is 4.74 Å². The molecule has 104 valence electrons. The number of benzene rings is 1. The van der Waals surface area contributed by atoms with Crippen molar-refractivity contribution in [2.24, 2.45) is 0 Å². The molecule has 19 heavy (non-hydrogen) atoms. The topological polar surface area (TPSA) is 44.8 Å². The summed E-state index contributed by atoms with van der Waals surface area (Å²) in [6.07, 6.45) is 1.39. The first-order valence-corrected chi connectivity index (χ1v) is 6.76. The number of hydrogen-bond acceptors (Lipinski definition) is 4. The molecule has 1 aromatic carbocycles. The molecular weight excluding hydrogens is 312 g/mol. The van der Waals surface area contributed by atoms with Crippen LogP contribution in [-0.2, 0) is 14.3 Å². The minimum Gasteiger partial charge on any atom is -0.497 e. The zero-order valence-corrected chi connectivity index (χ0v) is 12.6. The summed E-state index contributed by atoms with van der Waals surface area (Å²) in [5.74, 6) is 0.411. The van der Waals surface area contributed by atoms with E-state index in [9.17, 15) is 4.79 Å². The van der Waals surface area contributed by atoms with Crippen molar-refractivity contribution < 1.29 is 19.0 Å². The Labute approximate surface area is 121 Å². The first-order chi connectivity index (χ1) is 9.13. The zero-order chi connectivity index (χ0) is 14.1. The van der Waals surface area contributed by atoms with Crippen LogP contribution in [0.1, 0.15) is 13.8 Å². The summed E-state index contributed by atoms with van der Waals surface area (Å²) < 4.78 is 16.5. The van der Waals surface area contributed by atoms with Gasteiger partial charge in [0.05, 0.1) is 18.4 Å². The second-order valence-corrected chi connectivity index (χ2v) is 4.61. The van der Waals surface area contributed by atoms with E-state index in [0.717, 1.165) is 10.2 Å². The number of carbonyl (C=O) groups is 1. The van der Waals surface area contributed by atoms with E-state index in [1.807, 2.05) is 24.3 Å². The molecule has 0 bridgehead atoms. The summed E-state index contributed by atoms with van der Waals surface area (Å²) in [5.41, 5.74) is 0.436. The molecule has 1 aromatic rings. The smallest absolute Gasteiger partial charge is 0.336 e. The lowest BCUT2D eigenvalue weighted by molar-refractivity contribution is -0.138. The van der Waals surface area contributed by atoms with Crippen LogP contribution in [0.25, 0.3) is 0 Å². The molecule has 0 amide bonds. The average molecular weight is 329 g/mol. The van der Waals surface area contributed by atoms with Gasteiger partial charge < -0.3 is 14.2 Å². The quantitative estimate of drug-likeness (QED) is 0.333. The maximum Gasteiger partial charge on any atom is 0.336 e. The molecule has 0 aliphatic heterocycles. The second kappa shape index (κ2) is 8.58. The van der Waals surface area contributed by atoms with E-state index in [1.165, 1.54) is 6.26 Å². The Morgan fingerprint density at radius 1 is 1.26 bits per heavy atom. The van der Waals surface area contributed by atoms with E-state index in [1.54, 1.807) is 13.8 Å². The van der Waals surface area contributed by atoms with Crippen LogP contribution in [0.3, 0.4) is 0 Å². The summed E-state index contributed by atoms with van der Waals surface area (Å²) in [6, 6.07) is 7.54. The Morgan fingerprint density at radius 3 is 2.58 bits per heavy atom. The highest BCUT2D eigenvalue weighted by atomic mass is 79.9. The van der Waals surface area contributed by atoms with Crippen molar-refractivity contribution in [2.45, 2.75) is 13.8 Å². The van der Waals surface area contributed by atoms with Gasteiger partial charge in [-0.05, 0) is 38.1 Å². The van der Waals surface area contributed by atoms with Crippen molar-refractivity contribution in [3.05, 3.63) is 40.6 Å². The Hall–Kier alpha value is -1.49. The maximum absolute atomic E-state index is 11.3. The first kappa shape index (κ1) is 15.6. The first-order valence-electron chi connectivity index (χ1n) is 5.97. The van der Waals surface area contributed by atoms with Gasteiger partial charge in [-0.15, -0.1) is 0 Å². The molecule has 0 radical (unpaired) electrons. The van der Waals surface area contributed by atoms with Gasteiger partial charge in [0.25, 0.3) is 0 Å². The van der Waals surface area contributed by atoms with Gasteiger partial charge in [0, 0.05) is 4.47 Å². The number of hydrogen-bond donors (Lipinski definition) is 0. The lowest BCUT2D eigenvalue weighted by Crippen LogP contribution is -2.07. The van der Waals surface area contributed by atoms with Crippen LogP contribution in [0.4, 0.5) is 0 Å². The number of ether oxygens (including phenoxy) is 3. The third-order valence-electron chi connectivity index (χ3n) is 2.14. The molecule has 0 atom stereocenters. The van der Waals surface area contributed by atoms with E-state index in [-0.39, 0.29) is 5.97 Å². The highest BCUT2D eigenvalue weighted by Crippen LogP contribution is 2.15. The molecule has 1 rings (SSSR count). The highest BCUT2D eigenvalue weighted by Gasteiger charge is 2.03. The predicted octanol–water partition coefficient (Wildman–Crippen LogP) is 3.31. The van der Waals surface area contributed by atoms with Gasteiger partial charge >= 0.3 is 5.97 Å².